The Balaban J connectivity index is 4.91. The molecule has 0 saturated carbocycles. The van der Waals surface area contributed by atoms with E-state index in [0.717, 1.165) is 0 Å². The summed E-state index contributed by atoms with van der Waals surface area (Å²) in [5, 5.41) is 20.5. The minimum absolute atomic E-state index is 0.143. The number of nitro groups is 2. The summed E-state index contributed by atoms with van der Waals surface area (Å²) in [5.74, 6) is -1.47. The summed E-state index contributed by atoms with van der Waals surface area (Å²) in [6, 6.07) is 0. The molecule has 0 unspecified atom stereocenters. The molecule has 8 nitrogen and oxygen atoms in total. The Hall–Kier alpha value is -1.73. The van der Waals surface area contributed by atoms with E-state index >= 15 is 0 Å². The largest absolute Gasteiger partial charge is 0.549 e. The Morgan fingerprint density at radius 1 is 1.38 bits per heavy atom. The summed E-state index contributed by atoms with van der Waals surface area (Å²) in [6.45, 7) is 1.85. The van der Waals surface area contributed by atoms with Crippen molar-refractivity contribution in [3.05, 3.63) is 20.2 Å². The average Bonchev–Trinajstić information content (AvgIpc) is 2.02. The van der Waals surface area contributed by atoms with Gasteiger partial charge in [0.1, 0.15) is 9.85 Å². The van der Waals surface area contributed by atoms with Crippen molar-refractivity contribution in [2.45, 2.75) is 19.5 Å². The number of nitrogens with zero attached hydrogens (tertiary/aromatic N) is 2. The van der Waals surface area contributed by atoms with Crippen LogP contribution in [-0.4, -0.2) is 28.1 Å². The maximum absolute atomic E-state index is 10.8. The molecule has 0 aromatic carbocycles. The van der Waals surface area contributed by atoms with E-state index in [1.54, 1.807) is 0 Å². The molecule has 0 atom stereocenters. The monoisotopic (exact) mass is 192 g/mol. The number of carbonyl (C=O) groups is 1. The van der Waals surface area contributed by atoms with Crippen molar-refractivity contribution in [1.82, 2.24) is 0 Å². The minimum atomic E-state index is -2.91. The minimum Gasteiger partial charge on any atom is -0.455 e. The van der Waals surface area contributed by atoms with Gasteiger partial charge in [-0.1, -0.05) is 0 Å². The molecule has 74 valence electrons. The van der Waals surface area contributed by atoms with E-state index < -0.39 is 21.5 Å². The Morgan fingerprint density at radius 2 is 1.77 bits per heavy atom. The van der Waals surface area contributed by atoms with E-state index in [2.05, 4.69) is 4.74 Å². The van der Waals surface area contributed by atoms with Crippen LogP contribution >= 0.6 is 0 Å². The molecule has 0 heterocycles. The fourth-order valence-corrected chi connectivity index (χ4v) is 0.484. The van der Waals surface area contributed by atoms with Gasteiger partial charge in [0.15, 0.2) is 0 Å². The highest BCUT2D eigenvalue weighted by atomic mass is 16.7. The molecule has 0 aliphatic heterocycles. The summed E-state index contributed by atoms with van der Waals surface area (Å²) in [4.78, 5) is 28.8. The summed E-state index contributed by atoms with van der Waals surface area (Å²) >= 11 is 0. The van der Waals surface area contributed by atoms with Gasteiger partial charge in [0.25, 0.3) is 0 Å². The molecule has 0 aliphatic rings. The van der Waals surface area contributed by atoms with Crippen LogP contribution in [0.4, 0.5) is 0 Å². The maximum atomic E-state index is 10.8. The lowest BCUT2D eigenvalue weighted by Gasteiger charge is -2.09. The fourth-order valence-electron chi connectivity index (χ4n) is 0.484. The molecule has 0 rings (SSSR count). The standard InChI is InChI=1S/C5H8N2O6/c1-3-13-4(8)5(2,6(9)10)7(11)12/h3H2,1-2H3. The first-order chi connectivity index (χ1) is 5.87. The van der Waals surface area contributed by atoms with Gasteiger partial charge in [-0.2, -0.15) is 0 Å². The van der Waals surface area contributed by atoms with E-state index in [-0.39, 0.29) is 6.61 Å². The number of carbonyl (C=O) groups excluding carboxylic acids is 1. The molecule has 0 amide bonds. The Kier molecular flexibility index (Phi) is 3.28. The molecule has 0 spiro atoms. The predicted octanol–water partition coefficient (Wildman–Crippen LogP) is -0.181. The quantitative estimate of drug-likeness (QED) is 0.264. The van der Waals surface area contributed by atoms with E-state index in [0.29, 0.717) is 6.92 Å². The Bertz CT molecular complexity index is 235. The van der Waals surface area contributed by atoms with Crippen molar-refractivity contribution in [3.63, 3.8) is 0 Å². The highest BCUT2D eigenvalue weighted by molar-refractivity contribution is 5.76. The fraction of sp³-hybridized carbons (Fsp3) is 0.800. The molecule has 0 radical (unpaired) electrons. The normalized spacial score (nSPS) is 10.6. The molecule has 0 fully saturated rings. The molecule has 0 aromatic heterocycles. The molecule has 0 aliphatic carbocycles. The molecular weight excluding hydrogens is 184 g/mol. The van der Waals surface area contributed by atoms with Gasteiger partial charge >= 0.3 is 11.6 Å². The van der Waals surface area contributed by atoms with Gasteiger partial charge in [0.05, 0.1) is 13.5 Å². The van der Waals surface area contributed by atoms with Crippen LogP contribution in [0.3, 0.4) is 0 Å². The Labute approximate surface area is 72.8 Å². The van der Waals surface area contributed by atoms with E-state index in [9.17, 15) is 25.0 Å². The van der Waals surface area contributed by atoms with Crippen LogP contribution < -0.4 is 0 Å². The third kappa shape index (κ3) is 1.89. The van der Waals surface area contributed by atoms with Crippen molar-refractivity contribution >= 4 is 5.97 Å². The molecule has 0 bridgehead atoms. The Morgan fingerprint density at radius 3 is 2.00 bits per heavy atom. The highest BCUT2D eigenvalue weighted by Crippen LogP contribution is 2.11. The molecule has 0 aromatic rings. The number of rotatable bonds is 4. The van der Waals surface area contributed by atoms with Gasteiger partial charge in [0.2, 0.25) is 0 Å². The third-order valence-electron chi connectivity index (χ3n) is 1.37. The van der Waals surface area contributed by atoms with Crippen molar-refractivity contribution in [2.75, 3.05) is 6.61 Å². The number of hydrogen-bond donors (Lipinski definition) is 0. The van der Waals surface area contributed by atoms with Gasteiger partial charge < -0.3 is 4.74 Å². The summed E-state index contributed by atoms with van der Waals surface area (Å²) in [7, 11) is 0. The summed E-state index contributed by atoms with van der Waals surface area (Å²) in [5.41, 5.74) is -2.91. The maximum Gasteiger partial charge on any atom is 0.549 e. The first kappa shape index (κ1) is 11.3. The highest BCUT2D eigenvalue weighted by Gasteiger charge is 2.61. The summed E-state index contributed by atoms with van der Waals surface area (Å²) in [6.07, 6.45) is 0. The van der Waals surface area contributed by atoms with Crippen LogP contribution in [-0.2, 0) is 9.53 Å². The van der Waals surface area contributed by atoms with Crippen molar-refractivity contribution in [3.8, 4) is 0 Å². The first-order valence-electron chi connectivity index (χ1n) is 3.33. The summed E-state index contributed by atoms with van der Waals surface area (Å²) < 4.78 is 4.21. The van der Waals surface area contributed by atoms with Crippen LogP contribution in [0, 0.1) is 20.2 Å². The second-order valence-corrected chi connectivity index (χ2v) is 2.26. The van der Waals surface area contributed by atoms with Crippen molar-refractivity contribution in [2.24, 2.45) is 0 Å². The number of ether oxygens (including phenoxy) is 1. The number of hydrogen-bond acceptors (Lipinski definition) is 6. The molecular formula is C5H8N2O6. The smallest absolute Gasteiger partial charge is 0.455 e. The lowest BCUT2D eigenvalue weighted by atomic mass is 10.2. The average molecular weight is 192 g/mol. The number of esters is 1. The predicted molar refractivity (Wildman–Crippen MR) is 39.0 cm³/mol. The van der Waals surface area contributed by atoms with Crippen molar-refractivity contribution in [1.29, 1.82) is 0 Å². The molecule has 8 heteroatoms. The lowest BCUT2D eigenvalue weighted by Crippen LogP contribution is -2.51. The third-order valence-corrected chi connectivity index (χ3v) is 1.37. The van der Waals surface area contributed by atoms with Gasteiger partial charge in [-0.05, 0) is 6.92 Å². The van der Waals surface area contributed by atoms with E-state index in [1.165, 1.54) is 6.92 Å². The SMILES string of the molecule is CCOC(=O)C(C)([N+](=O)[O-])[N+](=O)[O-]. The lowest BCUT2D eigenvalue weighted by molar-refractivity contribution is -0.773. The second-order valence-electron chi connectivity index (χ2n) is 2.26. The van der Waals surface area contributed by atoms with E-state index in [1.807, 2.05) is 0 Å². The second kappa shape index (κ2) is 3.78. The van der Waals surface area contributed by atoms with Crippen LogP contribution in [0.25, 0.3) is 0 Å². The van der Waals surface area contributed by atoms with Crippen LogP contribution in [0.5, 0.6) is 0 Å². The van der Waals surface area contributed by atoms with Crippen molar-refractivity contribution < 1.29 is 19.4 Å². The van der Waals surface area contributed by atoms with Gasteiger partial charge in [-0.25, -0.2) is 4.79 Å². The van der Waals surface area contributed by atoms with E-state index in [4.69, 9.17) is 0 Å². The van der Waals surface area contributed by atoms with Crippen LogP contribution in [0.1, 0.15) is 13.8 Å². The van der Waals surface area contributed by atoms with Gasteiger partial charge in [-0.3, -0.25) is 20.2 Å². The van der Waals surface area contributed by atoms with Crippen LogP contribution in [0.2, 0.25) is 0 Å². The van der Waals surface area contributed by atoms with Crippen LogP contribution in [0.15, 0.2) is 0 Å². The molecule has 0 saturated heterocycles. The van der Waals surface area contributed by atoms with Gasteiger partial charge in [0, 0.05) is 0 Å². The zero-order chi connectivity index (χ0) is 10.6. The van der Waals surface area contributed by atoms with Gasteiger partial charge in [-0.15, -0.1) is 0 Å². The zero-order valence-corrected chi connectivity index (χ0v) is 7.05. The molecule has 0 N–H and O–H groups in total. The molecule has 13 heavy (non-hydrogen) atoms. The first-order valence-corrected chi connectivity index (χ1v) is 3.33. The topological polar surface area (TPSA) is 113 Å². The zero-order valence-electron chi connectivity index (χ0n) is 7.05.